The monoisotopic (exact) mass is 474 g/mol. The summed E-state index contributed by atoms with van der Waals surface area (Å²) in [6.07, 6.45) is 0. The number of hydrogen-bond acceptors (Lipinski definition) is 4. The van der Waals surface area contributed by atoms with Crippen LogP contribution in [0.15, 0.2) is 47.5 Å². The smallest absolute Gasteiger partial charge is 0.228 e. The summed E-state index contributed by atoms with van der Waals surface area (Å²) in [7, 11) is 0. The van der Waals surface area contributed by atoms with Crippen molar-refractivity contribution < 1.29 is 0 Å². The molecule has 4 heteroatoms. The summed E-state index contributed by atoms with van der Waals surface area (Å²) in [5.41, 5.74) is 17.3. The van der Waals surface area contributed by atoms with E-state index in [2.05, 4.69) is 103 Å². The van der Waals surface area contributed by atoms with Crippen molar-refractivity contribution in [1.82, 2.24) is 9.97 Å². The Balaban J connectivity index is 1.70. The fraction of sp³-hybridized carbons (Fsp3) is 0.281. The minimum absolute atomic E-state index is 0.556. The van der Waals surface area contributed by atoms with Crippen LogP contribution in [0.1, 0.15) is 61.3 Å². The molecule has 4 aromatic rings. The van der Waals surface area contributed by atoms with Gasteiger partial charge in [-0.15, -0.1) is 0 Å². The van der Waals surface area contributed by atoms with Gasteiger partial charge < -0.3 is 5.32 Å². The van der Waals surface area contributed by atoms with Crippen LogP contribution in [0, 0.1) is 55.4 Å². The lowest BCUT2D eigenvalue weighted by molar-refractivity contribution is 0.983. The molecule has 36 heavy (non-hydrogen) atoms. The van der Waals surface area contributed by atoms with Crippen molar-refractivity contribution in [3.63, 3.8) is 0 Å². The second kappa shape index (κ2) is 9.02. The minimum atomic E-state index is 0.556. The van der Waals surface area contributed by atoms with Gasteiger partial charge in [0, 0.05) is 33.6 Å². The highest BCUT2D eigenvalue weighted by Gasteiger charge is 2.25. The summed E-state index contributed by atoms with van der Waals surface area (Å²) < 4.78 is 0. The molecule has 0 radical (unpaired) electrons. The molecular formula is C32H34N4. The van der Waals surface area contributed by atoms with Crippen molar-refractivity contribution >= 4 is 17.3 Å². The van der Waals surface area contributed by atoms with E-state index in [9.17, 15) is 0 Å². The van der Waals surface area contributed by atoms with Crippen molar-refractivity contribution in [3.8, 4) is 11.3 Å². The molecule has 0 spiro atoms. The average Bonchev–Trinajstić information content (AvgIpc) is 2.95. The predicted molar refractivity (Wildman–Crippen MR) is 151 cm³/mol. The van der Waals surface area contributed by atoms with Gasteiger partial charge in [0.2, 0.25) is 5.95 Å². The molecule has 0 atom stereocenters. The molecule has 0 bridgehead atoms. The summed E-state index contributed by atoms with van der Waals surface area (Å²) in [4.78, 5) is 15.2. The molecule has 4 nitrogen and oxygen atoms in total. The third kappa shape index (κ3) is 4.11. The number of anilines is 2. The Hall–Kier alpha value is -3.79. The lowest BCUT2D eigenvalue weighted by Gasteiger charge is -2.18. The molecule has 0 saturated carbocycles. The molecule has 0 amide bonds. The topological polar surface area (TPSA) is 50.2 Å². The Morgan fingerprint density at radius 3 is 1.92 bits per heavy atom. The predicted octanol–water partition coefficient (Wildman–Crippen LogP) is 7.71. The van der Waals surface area contributed by atoms with Gasteiger partial charge in [-0.2, -0.15) is 0 Å². The highest BCUT2D eigenvalue weighted by Crippen LogP contribution is 2.36. The number of aromatic nitrogens is 2. The van der Waals surface area contributed by atoms with E-state index < -0.39 is 0 Å². The highest BCUT2D eigenvalue weighted by molar-refractivity contribution is 6.18. The molecule has 0 unspecified atom stereocenters. The molecule has 0 saturated heterocycles. The number of fused-ring (bicyclic) bond motifs is 3. The Bertz CT molecular complexity index is 1520. The van der Waals surface area contributed by atoms with E-state index in [1.165, 1.54) is 44.5 Å². The SMILES string of the molecule is Cc1cc2c(cc1C)-c1nc(Nc3cc(C)c(C)c(C)c3)nc(C)c1CN=C2c1c(C)cccc1C. The number of aliphatic imine (C=N–C) groups is 1. The van der Waals surface area contributed by atoms with E-state index in [4.69, 9.17) is 15.0 Å². The first-order valence-electron chi connectivity index (χ1n) is 12.6. The maximum atomic E-state index is 5.19. The Labute approximate surface area is 214 Å². The number of hydrogen-bond donors (Lipinski definition) is 1. The quantitative estimate of drug-likeness (QED) is 0.331. The first-order chi connectivity index (χ1) is 17.1. The van der Waals surface area contributed by atoms with Crippen LogP contribution in [0.5, 0.6) is 0 Å². The van der Waals surface area contributed by atoms with Gasteiger partial charge in [0.25, 0.3) is 0 Å². The lowest BCUT2D eigenvalue weighted by atomic mass is 9.88. The van der Waals surface area contributed by atoms with E-state index in [0.717, 1.165) is 39.5 Å². The van der Waals surface area contributed by atoms with Crippen molar-refractivity contribution in [1.29, 1.82) is 0 Å². The van der Waals surface area contributed by atoms with Crippen LogP contribution in [0.25, 0.3) is 11.3 Å². The fourth-order valence-electron chi connectivity index (χ4n) is 5.15. The molecule has 0 fully saturated rings. The van der Waals surface area contributed by atoms with Gasteiger partial charge in [-0.3, -0.25) is 4.99 Å². The molecule has 1 N–H and O–H groups in total. The van der Waals surface area contributed by atoms with Gasteiger partial charge >= 0.3 is 0 Å². The number of rotatable bonds is 3. The molecule has 1 aliphatic heterocycles. The molecule has 1 aromatic heterocycles. The first kappa shape index (κ1) is 23.9. The molecule has 0 aliphatic carbocycles. The van der Waals surface area contributed by atoms with Crippen molar-refractivity contribution in [2.45, 2.75) is 61.9 Å². The zero-order valence-corrected chi connectivity index (χ0v) is 22.6. The molecular weight excluding hydrogens is 440 g/mol. The third-order valence-electron chi connectivity index (χ3n) is 7.65. The van der Waals surface area contributed by atoms with Gasteiger partial charge in [0.15, 0.2) is 0 Å². The van der Waals surface area contributed by atoms with Crippen LogP contribution in [-0.2, 0) is 6.54 Å². The van der Waals surface area contributed by atoms with E-state index in [1.54, 1.807) is 0 Å². The molecule has 3 aromatic carbocycles. The minimum Gasteiger partial charge on any atom is -0.324 e. The molecule has 182 valence electrons. The van der Waals surface area contributed by atoms with Crippen molar-refractivity contribution in [3.05, 3.63) is 104 Å². The van der Waals surface area contributed by atoms with Gasteiger partial charge in [-0.05, 0) is 119 Å². The summed E-state index contributed by atoms with van der Waals surface area (Å²) in [5, 5.41) is 3.48. The number of benzene rings is 3. The van der Waals surface area contributed by atoms with Crippen molar-refractivity contribution in [2.75, 3.05) is 5.32 Å². The van der Waals surface area contributed by atoms with Crippen LogP contribution < -0.4 is 5.32 Å². The van der Waals surface area contributed by atoms with E-state index in [-0.39, 0.29) is 0 Å². The third-order valence-corrected chi connectivity index (χ3v) is 7.65. The number of nitrogens with one attached hydrogen (secondary N) is 1. The van der Waals surface area contributed by atoms with Crippen LogP contribution in [-0.4, -0.2) is 15.7 Å². The zero-order chi connectivity index (χ0) is 25.7. The summed E-state index contributed by atoms with van der Waals surface area (Å²) in [6.45, 7) is 17.7. The summed E-state index contributed by atoms with van der Waals surface area (Å²) >= 11 is 0. The maximum Gasteiger partial charge on any atom is 0.228 e. The van der Waals surface area contributed by atoms with Gasteiger partial charge in [-0.1, -0.05) is 18.2 Å². The van der Waals surface area contributed by atoms with Crippen LogP contribution in [0.4, 0.5) is 11.6 Å². The van der Waals surface area contributed by atoms with E-state index in [1.807, 2.05) is 0 Å². The van der Waals surface area contributed by atoms with Crippen LogP contribution in [0.3, 0.4) is 0 Å². The Morgan fingerprint density at radius 2 is 1.28 bits per heavy atom. The van der Waals surface area contributed by atoms with Gasteiger partial charge in [0.1, 0.15) is 0 Å². The van der Waals surface area contributed by atoms with E-state index in [0.29, 0.717) is 12.5 Å². The average molecular weight is 475 g/mol. The number of aryl methyl sites for hydroxylation is 7. The standard InChI is InChI=1S/C32H34N4/c1-17-10-9-11-18(2)29(17)31-27-15-20(4)19(3)14-26(27)30-28(16-33-31)24(8)34-32(36-30)35-25-12-21(5)23(7)22(6)13-25/h9-15H,16H2,1-8H3,(H,34,35,36). The largest absolute Gasteiger partial charge is 0.324 e. The van der Waals surface area contributed by atoms with Crippen molar-refractivity contribution in [2.24, 2.45) is 4.99 Å². The van der Waals surface area contributed by atoms with Crippen LogP contribution in [0.2, 0.25) is 0 Å². The molecule has 1 aliphatic rings. The molecule has 2 heterocycles. The highest BCUT2D eigenvalue weighted by atomic mass is 15.1. The lowest BCUT2D eigenvalue weighted by Crippen LogP contribution is -2.10. The second-order valence-corrected chi connectivity index (χ2v) is 10.2. The summed E-state index contributed by atoms with van der Waals surface area (Å²) in [5.74, 6) is 0.619. The normalized spacial score (nSPS) is 12.5. The van der Waals surface area contributed by atoms with Gasteiger partial charge in [-0.25, -0.2) is 9.97 Å². The summed E-state index contributed by atoms with van der Waals surface area (Å²) in [6, 6.07) is 15.3. The van der Waals surface area contributed by atoms with Gasteiger partial charge in [0.05, 0.1) is 18.0 Å². The number of nitrogens with zero attached hydrogens (tertiary/aromatic N) is 3. The first-order valence-corrected chi connectivity index (χ1v) is 12.6. The Morgan fingerprint density at radius 1 is 0.667 bits per heavy atom. The maximum absolute atomic E-state index is 5.19. The second-order valence-electron chi connectivity index (χ2n) is 10.2. The van der Waals surface area contributed by atoms with E-state index >= 15 is 0 Å². The molecule has 5 rings (SSSR count). The fourth-order valence-corrected chi connectivity index (χ4v) is 5.15. The zero-order valence-electron chi connectivity index (χ0n) is 22.6. The van der Waals surface area contributed by atoms with Crippen LogP contribution >= 0.6 is 0 Å². The Kier molecular flexibility index (Phi) is 5.99.